The van der Waals surface area contributed by atoms with Gasteiger partial charge in [-0.1, -0.05) is 38.1 Å². The molecule has 0 radical (unpaired) electrons. The van der Waals surface area contributed by atoms with Gasteiger partial charge < -0.3 is 34.3 Å². The fourth-order valence-corrected chi connectivity index (χ4v) is 13.8. The maximum atomic E-state index is 14.6. The molecule has 0 unspecified atom stereocenters. The van der Waals surface area contributed by atoms with Gasteiger partial charge in [-0.25, -0.2) is 13.1 Å². The predicted octanol–water partition coefficient (Wildman–Crippen LogP) is 7.87. The van der Waals surface area contributed by atoms with Gasteiger partial charge in [0.2, 0.25) is 5.88 Å². The zero-order chi connectivity index (χ0) is 47.9. The molecule has 1 saturated carbocycles. The lowest BCUT2D eigenvalue weighted by molar-refractivity contribution is -0.384. The number of aromatic amines is 1. The molecular formula is C52H61N9O8S. The van der Waals surface area contributed by atoms with Crippen LogP contribution in [0.25, 0.3) is 11.0 Å². The first-order chi connectivity index (χ1) is 33.9. The number of benzene rings is 3. The highest BCUT2D eigenvalue weighted by atomic mass is 32.2. The number of hydrogen-bond donors (Lipinski definition) is 3. The zero-order valence-corrected chi connectivity index (χ0v) is 40.6. The lowest BCUT2D eigenvalue weighted by Crippen LogP contribution is -2.55. The Bertz CT molecular complexity index is 2970. The molecule has 70 heavy (non-hydrogen) atoms. The van der Waals surface area contributed by atoms with Crippen LogP contribution in [0.4, 0.5) is 28.4 Å². The van der Waals surface area contributed by atoms with Gasteiger partial charge >= 0.3 is 0 Å². The minimum absolute atomic E-state index is 0.0349. The van der Waals surface area contributed by atoms with E-state index in [1.165, 1.54) is 42.9 Å². The van der Waals surface area contributed by atoms with E-state index in [0.717, 1.165) is 62.6 Å². The van der Waals surface area contributed by atoms with E-state index in [1.54, 1.807) is 6.07 Å². The summed E-state index contributed by atoms with van der Waals surface area (Å²) in [6, 6.07) is 21.9. The summed E-state index contributed by atoms with van der Waals surface area (Å²) in [5.41, 5.74) is 5.82. The summed E-state index contributed by atoms with van der Waals surface area (Å²) >= 11 is 0. The maximum Gasteiger partial charge on any atom is 0.297 e. The third-order valence-electron chi connectivity index (χ3n) is 16.4. The lowest BCUT2D eigenvalue weighted by atomic mass is 9.59. The zero-order valence-electron chi connectivity index (χ0n) is 39.8. The van der Waals surface area contributed by atoms with Crippen molar-refractivity contribution in [3.05, 3.63) is 99.7 Å². The second-order valence-corrected chi connectivity index (χ2v) is 22.7. The number of amides is 1. The van der Waals surface area contributed by atoms with E-state index in [1.807, 2.05) is 35.4 Å². The summed E-state index contributed by atoms with van der Waals surface area (Å²) in [5, 5.41) is 16.6. The number of nitro groups is 1. The van der Waals surface area contributed by atoms with E-state index in [-0.39, 0.29) is 35.8 Å². The Morgan fingerprint density at radius 3 is 2.60 bits per heavy atom. The number of rotatable bonds is 11. The molecule has 18 heteroatoms. The van der Waals surface area contributed by atoms with Crippen molar-refractivity contribution in [3.8, 4) is 11.6 Å². The molecule has 4 saturated heterocycles. The van der Waals surface area contributed by atoms with E-state index in [9.17, 15) is 23.3 Å². The van der Waals surface area contributed by atoms with Gasteiger partial charge in [-0.3, -0.25) is 24.7 Å². The molecule has 6 aliphatic heterocycles. The number of aromatic nitrogens is 2. The van der Waals surface area contributed by atoms with Crippen molar-refractivity contribution < 1.29 is 32.3 Å². The van der Waals surface area contributed by atoms with Gasteiger partial charge in [0, 0.05) is 80.3 Å². The largest absolute Gasteiger partial charge is 0.489 e. The number of morpholine rings is 1. The first-order valence-electron chi connectivity index (χ1n) is 25.2. The van der Waals surface area contributed by atoms with Gasteiger partial charge in [-0.2, -0.15) is 4.98 Å². The van der Waals surface area contributed by atoms with Crippen LogP contribution in [-0.4, -0.2) is 122 Å². The summed E-state index contributed by atoms with van der Waals surface area (Å²) < 4.78 is 48.7. The molecule has 3 N–H and O–H groups in total. The molecule has 8 heterocycles. The van der Waals surface area contributed by atoms with Crippen LogP contribution >= 0.6 is 0 Å². The number of pyridine rings is 1. The Labute approximate surface area is 408 Å². The molecule has 1 aliphatic carbocycles. The molecule has 5 aromatic rings. The third kappa shape index (κ3) is 8.19. The van der Waals surface area contributed by atoms with Crippen LogP contribution in [0.3, 0.4) is 0 Å². The topological polar surface area (TPSA) is 188 Å². The fraction of sp³-hybridized carbons (Fsp3) is 0.500. The van der Waals surface area contributed by atoms with Crippen molar-refractivity contribution in [1.29, 1.82) is 0 Å². The van der Waals surface area contributed by atoms with E-state index in [0.29, 0.717) is 85.1 Å². The third-order valence-corrected chi connectivity index (χ3v) is 17.7. The number of carbonyl (C=O) groups excluding carboxylic acids is 1. The number of sulfonamides is 1. The normalized spacial score (nSPS) is 24.4. The van der Waals surface area contributed by atoms with Crippen LogP contribution in [0.1, 0.15) is 98.7 Å². The quantitative estimate of drug-likeness (QED) is 0.0857. The van der Waals surface area contributed by atoms with Crippen LogP contribution in [0.5, 0.6) is 11.6 Å². The first kappa shape index (κ1) is 45.2. The summed E-state index contributed by atoms with van der Waals surface area (Å²) in [6.45, 7) is 10.6. The molecule has 17 nitrogen and oxygen atoms in total. The number of likely N-dealkylation sites (tertiary alicyclic amines) is 2. The van der Waals surface area contributed by atoms with Crippen molar-refractivity contribution in [3.63, 3.8) is 0 Å². The summed E-state index contributed by atoms with van der Waals surface area (Å²) in [7, 11) is -4.66. The Morgan fingerprint density at radius 1 is 0.971 bits per heavy atom. The Morgan fingerprint density at radius 2 is 1.81 bits per heavy atom. The summed E-state index contributed by atoms with van der Waals surface area (Å²) in [5.74, 6) is 0.0594. The van der Waals surface area contributed by atoms with E-state index >= 15 is 0 Å². The number of H-pyrrole nitrogens is 1. The smallest absolute Gasteiger partial charge is 0.297 e. The standard InChI is InChI=1S/C52H61N9O8S/c1-32(2)40-7-3-4-8-41(40)43-9-5-16-59(43)37-26-52(27-37)13-18-57(19-14-52)35-10-11-42(44(23-35)60-17-6-20-67-51-46(60)21-33-12-15-53-49(33)55-51)50(62)56-70(65,66)39-24-45(61(63)64)48-47(25-39)69-30-34(54-48)28-58-29-38-22-36(58)31-68-38/h3-4,7-8,10-12,15,21,23-25,32,34,36-38,43,54H,5-6,9,13-14,16-20,22,26-31H2,1-2H3,(H,53,55)(H,56,62)/t34-,36-,38-,43+/m1/s1. The summed E-state index contributed by atoms with van der Waals surface area (Å²) in [4.78, 5) is 43.4. The van der Waals surface area contributed by atoms with Gasteiger partial charge in [-0.15, -0.1) is 0 Å². The molecule has 7 aliphatic rings. The highest BCUT2D eigenvalue weighted by Crippen LogP contribution is 2.54. The van der Waals surface area contributed by atoms with Crippen molar-refractivity contribution in [2.24, 2.45) is 5.41 Å². The Balaban J connectivity index is 0.798. The molecular weight excluding hydrogens is 911 g/mol. The second kappa shape index (κ2) is 17.7. The second-order valence-electron chi connectivity index (χ2n) is 21.0. The average Bonchev–Trinajstić information content (AvgIpc) is 4.17. The lowest BCUT2D eigenvalue weighted by Gasteiger charge is -2.56. The molecule has 368 valence electrons. The number of nitrogens with zero attached hydrogens (tertiary/aromatic N) is 6. The molecule has 2 aromatic heterocycles. The number of ether oxygens (including phenoxy) is 3. The molecule has 5 fully saturated rings. The van der Waals surface area contributed by atoms with Crippen LogP contribution < -0.4 is 29.3 Å². The van der Waals surface area contributed by atoms with E-state index in [4.69, 9.17) is 19.2 Å². The van der Waals surface area contributed by atoms with Gasteiger partial charge in [0.05, 0.1) is 46.4 Å². The molecule has 12 rings (SSSR count). The number of anilines is 4. The number of nitro benzene ring substituents is 1. The number of hydrogen-bond acceptors (Lipinski definition) is 14. The monoisotopic (exact) mass is 971 g/mol. The van der Waals surface area contributed by atoms with Crippen molar-refractivity contribution in [2.45, 2.75) is 106 Å². The van der Waals surface area contributed by atoms with E-state index < -0.39 is 31.4 Å². The Kier molecular flexibility index (Phi) is 11.4. The van der Waals surface area contributed by atoms with Crippen molar-refractivity contribution >= 4 is 55.4 Å². The van der Waals surface area contributed by atoms with Crippen LogP contribution in [-0.2, 0) is 14.8 Å². The Hall–Kier alpha value is -5.95. The molecule has 1 spiro atoms. The molecule has 4 atom stereocenters. The fourth-order valence-electron chi connectivity index (χ4n) is 12.8. The van der Waals surface area contributed by atoms with Crippen LogP contribution in [0.2, 0.25) is 0 Å². The van der Waals surface area contributed by atoms with Crippen LogP contribution in [0, 0.1) is 15.5 Å². The highest BCUT2D eigenvalue weighted by Gasteiger charge is 2.50. The average molecular weight is 972 g/mol. The number of piperidine rings is 1. The molecule has 1 amide bonds. The minimum Gasteiger partial charge on any atom is -0.489 e. The summed E-state index contributed by atoms with van der Waals surface area (Å²) in [6.07, 6.45) is 10.6. The SMILES string of the molecule is CC(C)c1ccccc1[C@@H]1CCCN1C1CC2(CCN(c3ccc(C(=O)NS(=O)(=O)c4cc5c(c([N+](=O)[O-])c4)N[C@H](CN4C[C@H]6C[C@@H]4CO6)CO5)c(N4CCCOc5nc6[nH]ccc6cc54)c3)CC2)C1. The first-order valence-corrected chi connectivity index (χ1v) is 26.6. The van der Waals surface area contributed by atoms with Crippen molar-refractivity contribution in [2.75, 3.05) is 74.2 Å². The van der Waals surface area contributed by atoms with Gasteiger partial charge in [0.15, 0.2) is 11.4 Å². The number of carbonyl (C=O) groups is 1. The van der Waals surface area contributed by atoms with Gasteiger partial charge in [0.1, 0.15) is 17.9 Å². The van der Waals surface area contributed by atoms with Gasteiger partial charge in [-0.05, 0) is 111 Å². The molecule has 2 bridgehead atoms. The van der Waals surface area contributed by atoms with E-state index in [2.05, 4.69) is 67.8 Å². The number of nitrogens with one attached hydrogen (secondary N) is 3. The van der Waals surface area contributed by atoms with Gasteiger partial charge in [0.25, 0.3) is 21.6 Å². The van der Waals surface area contributed by atoms with Crippen molar-refractivity contribution in [1.82, 2.24) is 24.5 Å². The molecule has 3 aromatic carbocycles. The minimum atomic E-state index is -4.66. The predicted molar refractivity (Wildman–Crippen MR) is 266 cm³/mol. The maximum absolute atomic E-state index is 14.6. The van der Waals surface area contributed by atoms with Crippen LogP contribution in [0.15, 0.2) is 77.8 Å². The number of fused-ring (bicyclic) bond motifs is 5. The highest BCUT2D eigenvalue weighted by molar-refractivity contribution is 7.90.